The van der Waals surface area contributed by atoms with Crippen LogP contribution in [0.4, 0.5) is 5.69 Å². The van der Waals surface area contributed by atoms with Crippen molar-refractivity contribution in [2.75, 3.05) is 40.3 Å². The second-order valence-corrected chi connectivity index (χ2v) is 6.01. The van der Waals surface area contributed by atoms with E-state index >= 15 is 0 Å². The normalized spacial score (nSPS) is 11.0. The molecule has 5 heteroatoms. The summed E-state index contributed by atoms with van der Waals surface area (Å²) in [7, 11) is 8.64. The average Bonchev–Trinajstić information content (AvgIpc) is 2.69. The molecule has 0 fully saturated rings. The fourth-order valence-corrected chi connectivity index (χ4v) is 2.49. The summed E-state index contributed by atoms with van der Waals surface area (Å²) in [5.41, 5.74) is 2.86. The number of carbonyl (C=O) groups is 1. The van der Waals surface area contributed by atoms with Crippen LogP contribution in [0.1, 0.15) is 11.1 Å². The Morgan fingerprint density at radius 2 is 1.33 bits per heavy atom. The van der Waals surface area contributed by atoms with Gasteiger partial charge in [0.2, 0.25) is 5.75 Å². The quantitative estimate of drug-likeness (QED) is 0.658. The van der Waals surface area contributed by atoms with Crippen LogP contribution < -0.4 is 19.1 Å². The summed E-state index contributed by atoms with van der Waals surface area (Å²) < 4.78 is 15.9. The molecule has 142 valence electrons. The Hall–Kier alpha value is -3.21. The Balaban J connectivity index is 2.11. The van der Waals surface area contributed by atoms with E-state index < -0.39 is 0 Å². The highest BCUT2D eigenvalue weighted by atomic mass is 16.5. The first-order chi connectivity index (χ1) is 13.0. The van der Waals surface area contributed by atoms with E-state index in [9.17, 15) is 4.79 Å². The molecule has 0 unspecified atom stereocenters. The second-order valence-electron chi connectivity index (χ2n) is 6.01. The number of carbonyl (C=O) groups excluding carboxylic acids is 1. The van der Waals surface area contributed by atoms with Crippen molar-refractivity contribution < 1.29 is 19.0 Å². The van der Waals surface area contributed by atoms with Gasteiger partial charge in [0.1, 0.15) is 0 Å². The van der Waals surface area contributed by atoms with E-state index in [4.69, 9.17) is 14.2 Å². The summed E-state index contributed by atoms with van der Waals surface area (Å²) in [6.07, 6.45) is 6.55. The number of anilines is 1. The zero-order valence-electron chi connectivity index (χ0n) is 16.4. The average molecular weight is 367 g/mol. The molecule has 0 radical (unpaired) electrons. The number of rotatable bonds is 8. The van der Waals surface area contributed by atoms with Gasteiger partial charge in [-0.25, -0.2) is 0 Å². The van der Waals surface area contributed by atoms with Crippen molar-refractivity contribution in [1.29, 1.82) is 0 Å². The van der Waals surface area contributed by atoms with E-state index in [-0.39, 0.29) is 5.78 Å². The first-order valence-corrected chi connectivity index (χ1v) is 8.46. The number of ether oxygens (including phenoxy) is 3. The number of nitrogens with zero attached hydrogens (tertiary/aromatic N) is 1. The highest BCUT2D eigenvalue weighted by Crippen LogP contribution is 2.38. The predicted octanol–water partition coefficient (Wildman–Crippen LogP) is 4.07. The first kappa shape index (κ1) is 20.1. The van der Waals surface area contributed by atoms with E-state index in [1.165, 1.54) is 6.08 Å². The van der Waals surface area contributed by atoms with Crippen LogP contribution in [0.25, 0.3) is 12.2 Å². The minimum absolute atomic E-state index is 0.111. The van der Waals surface area contributed by atoms with Gasteiger partial charge in [0.15, 0.2) is 17.3 Å². The molecule has 0 saturated carbocycles. The standard InChI is InChI=1S/C22H25NO4/c1-23(2)18-10-6-16(7-11-18)8-12-19(24)13-9-17-14-20(25-3)22(27-5)21(15-17)26-4/h6-15H,1-5H3/b12-8+,13-9+. The van der Waals surface area contributed by atoms with Crippen molar-refractivity contribution in [1.82, 2.24) is 0 Å². The summed E-state index contributed by atoms with van der Waals surface area (Å²) in [5, 5.41) is 0. The molecule has 0 aliphatic carbocycles. The minimum Gasteiger partial charge on any atom is -0.493 e. The fraction of sp³-hybridized carbons (Fsp3) is 0.227. The molecule has 2 aromatic carbocycles. The van der Waals surface area contributed by atoms with Crippen molar-refractivity contribution in [2.24, 2.45) is 0 Å². The lowest BCUT2D eigenvalue weighted by molar-refractivity contribution is -0.110. The van der Waals surface area contributed by atoms with Gasteiger partial charge in [-0.05, 0) is 47.5 Å². The zero-order chi connectivity index (χ0) is 19.8. The van der Waals surface area contributed by atoms with Crippen LogP contribution in [-0.2, 0) is 4.79 Å². The van der Waals surface area contributed by atoms with Crippen LogP contribution in [0, 0.1) is 0 Å². The number of methoxy groups -OCH3 is 3. The van der Waals surface area contributed by atoms with E-state index in [1.807, 2.05) is 43.3 Å². The van der Waals surface area contributed by atoms with Crippen molar-refractivity contribution in [3.05, 3.63) is 59.7 Å². The largest absolute Gasteiger partial charge is 0.493 e. The van der Waals surface area contributed by atoms with Gasteiger partial charge in [-0.2, -0.15) is 0 Å². The molecule has 0 aliphatic rings. The molecule has 0 aromatic heterocycles. The van der Waals surface area contributed by atoms with Crippen LogP contribution >= 0.6 is 0 Å². The molecule has 0 bridgehead atoms. The van der Waals surface area contributed by atoms with Crippen molar-refractivity contribution in [2.45, 2.75) is 0 Å². The molecular weight excluding hydrogens is 342 g/mol. The van der Waals surface area contributed by atoms with Gasteiger partial charge >= 0.3 is 0 Å². The predicted molar refractivity (Wildman–Crippen MR) is 110 cm³/mol. The number of benzene rings is 2. The molecule has 0 atom stereocenters. The summed E-state index contributed by atoms with van der Waals surface area (Å²) in [4.78, 5) is 14.2. The Kier molecular flexibility index (Phi) is 7.06. The number of ketones is 1. The first-order valence-electron chi connectivity index (χ1n) is 8.46. The SMILES string of the molecule is COc1cc(/C=C/C(=O)/C=C/c2ccc(N(C)C)cc2)cc(OC)c1OC. The molecule has 0 amide bonds. The maximum atomic E-state index is 12.1. The number of hydrogen-bond donors (Lipinski definition) is 0. The van der Waals surface area contributed by atoms with Crippen LogP contribution in [0.3, 0.4) is 0 Å². The molecule has 0 N–H and O–H groups in total. The summed E-state index contributed by atoms with van der Waals surface area (Å²) in [5.74, 6) is 1.49. The topological polar surface area (TPSA) is 48.0 Å². The van der Waals surface area contributed by atoms with Crippen LogP contribution in [0.2, 0.25) is 0 Å². The van der Waals surface area contributed by atoms with Gasteiger partial charge in [0.25, 0.3) is 0 Å². The third-order valence-electron chi connectivity index (χ3n) is 3.98. The lowest BCUT2D eigenvalue weighted by Crippen LogP contribution is -2.07. The van der Waals surface area contributed by atoms with Gasteiger partial charge < -0.3 is 19.1 Å². The molecule has 0 saturated heterocycles. The molecule has 5 nitrogen and oxygen atoms in total. The Morgan fingerprint density at radius 3 is 1.78 bits per heavy atom. The van der Waals surface area contributed by atoms with Crippen molar-refractivity contribution >= 4 is 23.6 Å². The van der Waals surface area contributed by atoms with E-state index in [0.717, 1.165) is 16.8 Å². The number of hydrogen-bond acceptors (Lipinski definition) is 5. The minimum atomic E-state index is -0.111. The summed E-state index contributed by atoms with van der Waals surface area (Å²) in [6.45, 7) is 0. The van der Waals surface area contributed by atoms with Gasteiger partial charge in [0.05, 0.1) is 21.3 Å². The van der Waals surface area contributed by atoms with Gasteiger partial charge in [-0.3, -0.25) is 4.79 Å². The maximum Gasteiger partial charge on any atom is 0.203 e. The van der Waals surface area contributed by atoms with Crippen LogP contribution in [0.15, 0.2) is 48.6 Å². The van der Waals surface area contributed by atoms with E-state index in [2.05, 4.69) is 0 Å². The monoisotopic (exact) mass is 367 g/mol. The molecule has 0 spiro atoms. The highest BCUT2D eigenvalue weighted by molar-refractivity contribution is 6.04. The molecule has 0 heterocycles. The second kappa shape index (κ2) is 9.48. The molecular formula is C22H25NO4. The smallest absolute Gasteiger partial charge is 0.203 e. The van der Waals surface area contributed by atoms with Crippen molar-refractivity contribution in [3.63, 3.8) is 0 Å². The van der Waals surface area contributed by atoms with Gasteiger partial charge in [0, 0.05) is 19.8 Å². The van der Waals surface area contributed by atoms with Gasteiger partial charge in [-0.1, -0.05) is 24.3 Å². The Labute approximate surface area is 160 Å². The fourth-order valence-electron chi connectivity index (χ4n) is 2.49. The Bertz CT molecular complexity index is 811. The molecule has 2 aromatic rings. The highest BCUT2D eigenvalue weighted by Gasteiger charge is 2.12. The molecule has 0 aliphatic heterocycles. The summed E-state index contributed by atoms with van der Waals surface area (Å²) >= 11 is 0. The van der Waals surface area contributed by atoms with Gasteiger partial charge in [-0.15, -0.1) is 0 Å². The number of allylic oxidation sites excluding steroid dienone is 2. The van der Waals surface area contributed by atoms with Crippen molar-refractivity contribution in [3.8, 4) is 17.2 Å². The van der Waals surface area contributed by atoms with Crippen LogP contribution in [-0.4, -0.2) is 41.2 Å². The maximum absolute atomic E-state index is 12.1. The van der Waals surface area contributed by atoms with E-state index in [1.54, 1.807) is 51.7 Å². The zero-order valence-corrected chi connectivity index (χ0v) is 16.4. The third-order valence-corrected chi connectivity index (χ3v) is 3.98. The molecule has 2 rings (SSSR count). The van der Waals surface area contributed by atoms with Crippen LogP contribution in [0.5, 0.6) is 17.2 Å². The van der Waals surface area contributed by atoms with E-state index in [0.29, 0.717) is 17.2 Å². The summed E-state index contributed by atoms with van der Waals surface area (Å²) in [6, 6.07) is 11.5. The lowest BCUT2D eigenvalue weighted by atomic mass is 10.1. The molecule has 27 heavy (non-hydrogen) atoms. The lowest BCUT2D eigenvalue weighted by Gasteiger charge is -2.12. The third kappa shape index (κ3) is 5.38. The Morgan fingerprint density at radius 1 is 0.815 bits per heavy atom.